The summed E-state index contributed by atoms with van der Waals surface area (Å²) in [5.41, 5.74) is 4.41. The lowest BCUT2D eigenvalue weighted by molar-refractivity contribution is 0.393. The van der Waals surface area contributed by atoms with Gasteiger partial charge in [0.25, 0.3) is 5.56 Å². The first-order valence-electron chi connectivity index (χ1n) is 7.11. The summed E-state index contributed by atoms with van der Waals surface area (Å²) in [7, 11) is 0. The number of hydrogen-bond donors (Lipinski definition) is 0. The van der Waals surface area contributed by atoms with Gasteiger partial charge in [0.2, 0.25) is 0 Å². The summed E-state index contributed by atoms with van der Waals surface area (Å²) in [4.78, 5) is 16.5. The summed E-state index contributed by atoms with van der Waals surface area (Å²) in [5, 5.41) is 3.97. The van der Waals surface area contributed by atoms with Gasteiger partial charge >= 0.3 is 0 Å². The summed E-state index contributed by atoms with van der Waals surface area (Å²) in [6.07, 6.45) is 1.83. The Labute approximate surface area is 128 Å². The van der Waals surface area contributed by atoms with Gasteiger partial charge in [0.15, 0.2) is 0 Å². The van der Waals surface area contributed by atoms with E-state index in [2.05, 4.69) is 10.1 Å². The average molecular weight is 295 g/mol. The fraction of sp³-hybridized carbons (Fsp3) is 0.235. The highest BCUT2D eigenvalue weighted by Crippen LogP contribution is 2.25. The monoisotopic (exact) mass is 295 g/mol. The van der Waals surface area contributed by atoms with Crippen molar-refractivity contribution in [1.29, 1.82) is 0 Å². The van der Waals surface area contributed by atoms with Crippen molar-refractivity contribution < 1.29 is 4.52 Å². The molecule has 0 amide bonds. The molecule has 5 heteroatoms. The molecule has 0 bridgehead atoms. The van der Waals surface area contributed by atoms with Crippen molar-refractivity contribution in [1.82, 2.24) is 14.7 Å². The average Bonchev–Trinajstić information content (AvgIpc) is 2.81. The minimum Gasteiger partial charge on any atom is -0.361 e. The van der Waals surface area contributed by atoms with Crippen molar-refractivity contribution in [2.45, 2.75) is 27.3 Å². The molecule has 0 spiro atoms. The second-order valence-corrected chi connectivity index (χ2v) is 5.35. The number of aryl methyl sites for hydroxylation is 3. The first-order chi connectivity index (χ1) is 10.5. The van der Waals surface area contributed by atoms with Crippen LogP contribution in [0.3, 0.4) is 0 Å². The van der Waals surface area contributed by atoms with Gasteiger partial charge in [-0.1, -0.05) is 11.2 Å². The summed E-state index contributed by atoms with van der Waals surface area (Å²) in [5.74, 6) is 0.747. The van der Waals surface area contributed by atoms with Crippen LogP contribution >= 0.6 is 0 Å². The van der Waals surface area contributed by atoms with E-state index in [0.29, 0.717) is 6.54 Å². The molecule has 0 aliphatic heterocycles. The third kappa shape index (κ3) is 2.70. The predicted octanol–water partition coefficient (Wildman–Crippen LogP) is 2.87. The molecule has 5 nitrogen and oxygen atoms in total. The van der Waals surface area contributed by atoms with E-state index in [1.54, 1.807) is 16.7 Å². The first-order valence-corrected chi connectivity index (χ1v) is 7.11. The number of pyridine rings is 2. The molecule has 0 aliphatic carbocycles. The van der Waals surface area contributed by atoms with E-state index in [4.69, 9.17) is 4.52 Å². The van der Waals surface area contributed by atoms with Crippen molar-refractivity contribution in [2.24, 2.45) is 0 Å². The van der Waals surface area contributed by atoms with Gasteiger partial charge in [-0.25, -0.2) is 0 Å². The van der Waals surface area contributed by atoms with E-state index in [1.807, 2.05) is 45.2 Å². The summed E-state index contributed by atoms with van der Waals surface area (Å²) in [6, 6.07) is 9.17. The molecule has 0 aliphatic rings. The van der Waals surface area contributed by atoms with Gasteiger partial charge in [-0.2, -0.15) is 0 Å². The molecule has 3 rings (SSSR count). The SMILES string of the molecule is Cc1cccc(Cn2cc(-c3c(C)noc3C)ccc2=O)n1. The molecule has 0 unspecified atom stereocenters. The van der Waals surface area contributed by atoms with Crippen LogP contribution in [0.15, 0.2) is 45.8 Å². The minimum absolute atomic E-state index is 0.0567. The molecule has 0 aromatic carbocycles. The molecule has 3 aromatic heterocycles. The fourth-order valence-corrected chi connectivity index (χ4v) is 2.56. The van der Waals surface area contributed by atoms with Crippen LogP contribution < -0.4 is 5.56 Å². The smallest absolute Gasteiger partial charge is 0.250 e. The fourth-order valence-electron chi connectivity index (χ4n) is 2.56. The van der Waals surface area contributed by atoms with Crippen LogP contribution in [-0.2, 0) is 6.54 Å². The molecule has 0 fully saturated rings. The van der Waals surface area contributed by atoms with Crippen LogP contribution in [0.2, 0.25) is 0 Å². The molecule has 112 valence electrons. The molecule has 0 atom stereocenters. The van der Waals surface area contributed by atoms with Gasteiger partial charge in [0, 0.05) is 29.1 Å². The molecule has 0 saturated carbocycles. The highest BCUT2D eigenvalue weighted by Gasteiger charge is 2.12. The Balaban J connectivity index is 2.02. The lowest BCUT2D eigenvalue weighted by atomic mass is 10.1. The molecule has 22 heavy (non-hydrogen) atoms. The quantitative estimate of drug-likeness (QED) is 0.745. The number of nitrogens with zero attached hydrogens (tertiary/aromatic N) is 3. The van der Waals surface area contributed by atoms with E-state index < -0.39 is 0 Å². The van der Waals surface area contributed by atoms with Crippen molar-refractivity contribution in [3.8, 4) is 11.1 Å². The van der Waals surface area contributed by atoms with Crippen molar-refractivity contribution in [3.05, 3.63) is 69.7 Å². The van der Waals surface area contributed by atoms with Crippen molar-refractivity contribution >= 4 is 0 Å². The largest absolute Gasteiger partial charge is 0.361 e. The Morgan fingerprint density at radius 1 is 1.14 bits per heavy atom. The Kier molecular flexibility index (Phi) is 3.63. The molecule has 0 N–H and O–H groups in total. The van der Waals surface area contributed by atoms with Crippen LogP contribution in [0.5, 0.6) is 0 Å². The predicted molar refractivity (Wildman–Crippen MR) is 83.7 cm³/mol. The van der Waals surface area contributed by atoms with E-state index in [9.17, 15) is 4.79 Å². The lowest BCUT2D eigenvalue weighted by Crippen LogP contribution is -2.19. The molecular weight excluding hydrogens is 278 g/mol. The number of rotatable bonds is 3. The van der Waals surface area contributed by atoms with E-state index in [0.717, 1.165) is 34.0 Å². The Morgan fingerprint density at radius 3 is 2.64 bits per heavy atom. The van der Waals surface area contributed by atoms with Gasteiger partial charge in [0.1, 0.15) is 5.76 Å². The maximum atomic E-state index is 12.1. The molecule has 3 heterocycles. The Hall–Kier alpha value is -2.69. The van der Waals surface area contributed by atoms with Gasteiger partial charge in [-0.3, -0.25) is 9.78 Å². The first kappa shape index (κ1) is 14.3. The van der Waals surface area contributed by atoms with Crippen LogP contribution in [0.1, 0.15) is 22.8 Å². The van der Waals surface area contributed by atoms with Crippen molar-refractivity contribution in [2.75, 3.05) is 0 Å². The van der Waals surface area contributed by atoms with Gasteiger partial charge in [0.05, 0.1) is 17.9 Å². The van der Waals surface area contributed by atoms with Gasteiger partial charge in [-0.15, -0.1) is 0 Å². The molecule has 0 saturated heterocycles. The van der Waals surface area contributed by atoms with E-state index >= 15 is 0 Å². The topological polar surface area (TPSA) is 60.9 Å². The van der Waals surface area contributed by atoms with Crippen molar-refractivity contribution in [3.63, 3.8) is 0 Å². The normalized spacial score (nSPS) is 10.9. The standard InChI is InChI=1S/C17H17N3O2/c1-11-5-4-6-15(18-11)10-20-9-14(7-8-16(20)21)17-12(2)19-22-13(17)3/h4-9H,10H2,1-3H3. The summed E-state index contributed by atoms with van der Waals surface area (Å²) < 4.78 is 6.86. The lowest BCUT2D eigenvalue weighted by Gasteiger charge is -2.08. The highest BCUT2D eigenvalue weighted by molar-refractivity contribution is 5.66. The third-order valence-electron chi connectivity index (χ3n) is 3.58. The Bertz CT molecular complexity index is 858. The van der Waals surface area contributed by atoms with Gasteiger partial charge in [-0.05, 0) is 39.0 Å². The summed E-state index contributed by atoms with van der Waals surface area (Å²) in [6.45, 7) is 6.14. The molecular formula is C17H17N3O2. The van der Waals surface area contributed by atoms with Crippen LogP contribution in [0, 0.1) is 20.8 Å². The zero-order chi connectivity index (χ0) is 15.7. The van der Waals surface area contributed by atoms with Crippen LogP contribution in [-0.4, -0.2) is 14.7 Å². The molecule has 3 aromatic rings. The van der Waals surface area contributed by atoms with Crippen LogP contribution in [0.25, 0.3) is 11.1 Å². The second kappa shape index (κ2) is 5.60. The molecule has 0 radical (unpaired) electrons. The minimum atomic E-state index is -0.0567. The number of aromatic nitrogens is 3. The van der Waals surface area contributed by atoms with Crippen LogP contribution in [0.4, 0.5) is 0 Å². The van der Waals surface area contributed by atoms with E-state index in [1.165, 1.54) is 0 Å². The maximum absolute atomic E-state index is 12.1. The number of hydrogen-bond acceptors (Lipinski definition) is 4. The summed E-state index contributed by atoms with van der Waals surface area (Å²) >= 11 is 0. The second-order valence-electron chi connectivity index (χ2n) is 5.35. The van der Waals surface area contributed by atoms with E-state index in [-0.39, 0.29) is 5.56 Å². The Morgan fingerprint density at radius 2 is 1.95 bits per heavy atom. The zero-order valence-electron chi connectivity index (χ0n) is 12.8. The third-order valence-corrected chi connectivity index (χ3v) is 3.58. The van der Waals surface area contributed by atoms with Gasteiger partial charge < -0.3 is 9.09 Å². The zero-order valence-corrected chi connectivity index (χ0v) is 12.8. The highest BCUT2D eigenvalue weighted by atomic mass is 16.5. The maximum Gasteiger partial charge on any atom is 0.250 e.